The van der Waals surface area contributed by atoms with Gasteiger partial charge in [-0.2, -0.15) is 0 Å². The van der Waals surface area contributed by atoms with E-state index in [-0.39, 0.29) is 0 Å². The topological polar surface area (TPSA) is 79.7 Å². The Bertz CT molecular complexity index is 563. The average Bonchev–Trinajstić information content (AvgIpc) is 2.46. The van der Waals surface area contributed by atoms with E-state index in [0.717, 1.165) is 11.1 Å². The molecule has 2 N–H and O–H groups in total. The van der Waals surface area contributed by atoms with Gasteiger partial charge in [0.1, 0.15) is 0 Å². The number of rotatable bonds is 4. The van der Waals surface area contributed by atoms with Crippen LogP contribution >= 0.6 is 0 Å². The number of nitrogens with zero attached hydrogens (tertiary/aromatic N) is 1. The van der Waals surface area contributed by atoms with Gasteiger partial charge in [-0.05, 0) is 17.2 Å². The Hall–Kier alpha value is -2.40. The summed E-state index contributed by atoms with van der Waals surface area (Å²) in [7, 11) is 1.55. The first-order valence-corrected chi connectivity index (χ1v) is 5.63. The lowest BCUT2D eigenvalue weighted by atomic mass is 10.0. The zero-order valence-corrected chi connectivity index (χ0v) is 10.3. The van der Waals surface area contributed by atoms with Crippen molar-refractivity contribution in [2.45, 2.75) is 6.10 Å². The molecule has 0 aliphatic rings. The van der Waals surface area contributed by atoms with Crippen LogP contribution < -0.4 is 4.74 Å². The van der Waals surface area contributed by atoms with Gasteiger partial charge < -0.3 is 14.9 Å². The van der Waals surface area contributed by atoms with Crippen molar-refractivity contribution in [2.24, 2.45) is 0 Å². The minimum atomic E-state index is -1.50. The molecule has 98 valence electrons. The summed E-state index contributed by atoms with van der Waals surface area (Å²) >= 11 is 0. The Morgan fingerprint density at radius 2 is 1.79 bits per heavy atom. The van der Waals surface area contributed by atoms with E-state index in [1.165, 1.54) is 0 Å². The molecule has 1 aromatic heterocycles. The lowest BCUT2D eigenvalue weighted by Gasteiger charge is -2.07. The van der Waals surface area contributed by atoms with Crippen LogP contribution in [0, 0.1) is 0 Å². The molecular weight excluding hydrogens is 246 g/mol. The molecule has 0 saturated heterocycles. The van der Waals surface area contributed by atoms with Crippen LogP contribution in [0.1, 0.15) is 11.7 Å². The van der Waals surface area contributed by atoms with Crippen molar-refractivity contribution in [1.82, 2.24) is 4.98 Å². The fourth-order valence-electron chi connectivity index (χ4n) is 1.67. The third kappa shape index (κ3) is 2.89. The third-order valence-corrected chi connectivity index (χ3v) is 2.74. The molecule has 1 aromatic carbocycles. The third-order valence-electron chi connectivity index (χ3n) is 2.74. The van der Waals surface area contributed by atoms with Crippen molar-refractivity contribution in [3.63, 3.8) is 0 Å². The molecule has 19 heavy (non-hydrogen) atoms. The van der Waals surface area contributed by atoms with E-state index in [1.54, 1.807) is 43.6 Å². The number of carboxylic acids is 1. The number of pyridine rings is 1. The average molecular weight is 259 g/mol. The van der Waals surface area contributed by atoms with Crippen molar-refractivity contribution < 1.29 is 19.7 Å². The van der Waals surface area contributed by atoms with Crippen LogP contribution in [-0.4, -0.2) is 28.3 Å². The van der Waals surface area contributed by atoms with Gasteiger partial charge in [0.05, 0.1) is 7.11 Å². The van der Waals surface area contributed by atoms with Gasteiger partial charge in [0.25, 0.3) is 0 Å². The van der Waals surface area contributed by atoms with Crippen LogP contribution in [0.4, 0.5) is 0 Å². The van der Waals surface area contributed by atoms with Crippen LogP contribution in [0.2, 0.25) is 0 Å². The molecule has 0 bridgehead atoms. The summed E-state index contributed by atoms with van der Waals surface area (Å²) < 4.78 is 4.97. The standard InChI is InChI=1S/C14H13NO4/c1-19-12-7-6-11(8-15-12)9-2-4-10(5-3-9)13(16)14(17)18/h2-8,13,16H,1H3,(H,17,18). The summed E-state index contributed by atoms with van der Waals surface area (Å²) in [6.07, 6.45) is 0.171. The van der Waals surface area contributed by atoms with Gasteiger partial charge in [0.15, 0.2) is 6.10 Å². The van der Waals surface area contributed by atoms with E-state index in [2.05, 4.69) is 4.98 Å². The molecule has 0 amide bonds. The molecule has 0 aliphatic carbocycles. The van der Waals surface area contributed by atoms with Gasteiger partial charge in [-0.25, -0.2) is 9.78 Å². The predicted octanol–water partition coefficient (Wildman–Crippen LogP) is 1.88. The number of ether oxygens (including phenoxy) is 1. The second kappa shape index (κ2) is 5.49. The van der Waals surface area contributed by atoms with E-state index < -0.39 is 12.1 Å². The second-order valence-corrected chi connectivity index (χ2v) is 3.95. The summed E-state index contributed by atoms with van der Waals surface area (Å²) in [4.78, 5) is 14.7. The molecule has 1 atom stereocenters. The van der Waals surface area contributed by atoms with Crippen molar-refractivity contribution >= 4 is 5.97 Å². The first kappa shape index (κ1) is 13.0. The lowest BCUT2D eigenvalue weighted by molar-refractivity contribution is -0.146. The summed E-state index contributed by atoms with van der Waals surface area (Å²) in [5, 5.41) is 18.1. The Morgan fingerprint density at radius 1 is 1.16 bits per heavy atom. The van der Waals surface area contributed by atoms with Gasteiger partial charge in [-0.1, -0.05) is 24.3 Å². The molecule has 0 spiro atoms. The van der Waals surface area contributed by atoms with Gasteiger partial charge in [0.2, 0.25) is 5.88 Å². The Kier molecular flexibility index (Phi) is 3.77. The van der Waals surface area contributed by atoms with E-state index in [0.29, 0.717) is 11.4 Å². The summed E-state index contributed by atoms with van der Waals surface area (Å²) in [6, 6.07) is 10.2. The number of hydrogen-bond donors (Lipinski definition) is 2. The molecular formula is C14H13NO4. The zero-order valence-electron chi connectivity index (χ0n) is 10.3. The second-order valence-electron chi connectivity index (χ2n) is 3.95. The summed E-state index contributed by atoms with van der Waals surface area (Å²) in [6.45, 7) is 0. The fraction of sp³-hybridized carbons (Fsp3) is 0.143. The Balaban J connectivity index is 2.24. The number of benzene rings is 1. The highest BCUT2D eigenvalue weighted by atomic mass is 16.5. The molecule has 5 nitrogen and oxygen atoms in total. The monoisotopic (exact) mass is 259 g/mol. The van der Waals surface area contributed by atoms with Crippen LogP contribution in [0.25, 0.3) is 11.1 Å². The van der Waals surface area contributed by atoms with Crippen molar-refractivity contribution in [2.75, 3.05) is 7.11 Å². The number of carbonyl (C=O) groups is 1. The number of aliphatic hydroxyl groups excluding tert-OH is 1. The lowest BCUT2D eigenvalue weighted by Crippen LogP contribution is -2.10. The number of methoxy groups -OCH3 is 1. The zero-order chi connectivity index (χ0) is 13.8. The highest BCUT2D eigenvalue weighted by Gasteiger charge is 2.15. The minimum absolute atomic E-state index is 0.345. The van der Waals surface area contributed by atoms with E-state index in [9.17, 15) is 9.90 Å². The number of hydrogen-bond acceptors (Lipinski definition) is 4. The summed E-state index contributed by atoms with van der Waals surface area (Å²) in [5.74, 6) is -0.736. The first-order valence-electron chi connectivity index (χ1n) is 5.63. The predicted molar refractivity (Wildman–Crippen MR) is 68.8 cm³/mol. The molecule has 1 heterocycles. The molecule has 0 saturated carbocycles. The van der Waals surface area contributed by atoms with Crippen molar-refractivity contribution in [3.8, 4) is 17.0 Å². The molecule has 2 rings (SSSR count). The maximum atomic E-state index is 10.7. The smallest absolute Gasteiger partial charge is 0.337 e. The van der Waals surface area contributed by atoms with E-state index in [1.807, 2.05) is 6.07 Å². The molecule has 0 aliphatic heterocycles. The SMILES string of the molecule is COc1ccc(-c2ccc(C(O)C(=O)O)cc2)cn1. The molecule has 5 heteroatoms. The first-order chi connectivity index (χ1) is 9.11. The Morgan fingerprint density at radius 3 is 2.26 bits per heavy atom. The van der Waals surface area contributed by atoms with E-state index in [4.69, 9.17) is 9.84 Å². The number of carboxylic acid groups (broad SMARTS) is 1. The summed E-state index contributed by atoms with van der Waals surface area (Å²) in [5.41, 5.74) is 2.12. The maximum Gasteiger partial charge on any atom is 0.337 e. The highest BCUT2D eigenvalue weighted by Crippen LogP contribution is 2.22. The number of aliphatic hydroxyl groups is 1. The largest absolute Gasteiger partial charge is 0.481 e. The molecule has 1 unspecified atom stereocenters. The van der Waals surface area contributed by atoms with Crippen molar-refractivity contribution in [3.05, 3.63) is 48.2 Å². The van der Waals surface area contributed by atoms with Crippen LogP contribution in [0.5, 0.6) is 5.88 Å². The van der Waals surface area contributed by atoms with Crippen LogP contribution in [0.3, 0.4) is 0 Å². The van der Waals surface area contributed by atoms with Gasteiger partial charge >= 0.3 is 5.97 Å². The molecule has 0 fully saturated rings. The fourth-order valence-corrected chi connectivity index (χ4v) is 1.67. The normalized spacial score (nSPS) is 11.9. The van der Waals surface area contributed by atoms with E-state index >= 15 is 0 Å². The van der Waals surface area contributed by atoms with Crippen molar-refractivity contribution in [1.29, 1.82) is 0 Å². The Labute approximate surface area is 110 Å². The number of aromatic nitrogens is 1. The molecule has 0 radical (unpaired) electrons. The minimum Gasteiger partial charge on any atom is -0.481 e. The van der Waals surface area contributed by atoms with Crippen LogP contribution in [-0.2, 0) is 4.79 Å². The van der Waals surface area contributed by atoms with Gasteiger partial charge in [-0.3, -0.25) is 0 Å². The van der Waals surface area contributed by atoms with Gasteiger partial charge in [-0.15, -0.1) is 0 Å². The van der Waals surface area contributed by atoms with Crippen LogP contribution in [0.15, 0.2) is 42.6 Å². The highest BCUT2D eigenvalue weighted by molar-refractivity contribution is 5.74. The molecule has 2 aromatic rings. The van der Waals surface area contributed by atoms with Gasteiger partial charge in [0, 0.05) is 17.8 Å². The quantitative estimate of drug-likeness (QED) is 0.876. The maximum absolute atomic E-state index is 10.7. The number of aliphatic carboxylic acids is 1.